The van der Waals surface area contributed by atoms with Crippen molar-refractivity contribution < 1.29 is 4.59 Å². The summed E-state index contributed by atoms with van der Waals surface area (Å²) in [7, 11) is 0. The molecule has 1 heterocycles. The number of hydrogen-bond donors (Lipinski definition) is 0. The van der Waals surface area contributed by atoms with Gasteiger partial charge in [-0.2, -0.15) is 9.58 Å². The van der Waals surface area contributed by atoms with Crippen molar-refractivity contribution in [2.45, 2.75) is 38.6 Å². The van der Waals surface area contributed by atoms with Gasteiger partial charge in [0.15, 0.2) is 6.34 Å². The van der Waals surface area contributed by atoms with E-state index < -0.39 is 0 Å². The smallest absolute Gasteiger partial charge is 0.184 e. The Bertz CT molecular complexity index is 283. The molecule has 3 rings (SSSR count). The van der Waals surface area contributed by atoms with Crippen LogP contribution in [0.2, 0.25) is 0 Å². The van der Waals surface area contributed by atoms with Crippen LogP contribution in [0.1, 0.15) is 32.6 Å². The molecule has 4 unspecified atom stereocenters. The normalized spacial score (nSPS) is 49.4. The highest BCUT2D eigenvalue weighted by Gasteiger charge is 2.51. The van der Waals surface area contributed by atoms with Crippen molar-refractivity contribution >= 4 is 12.7 Å². The highest BCUT2D eigenvalue weighted by molar-refractivity contribution is 5.71. The Kier molecular flexibility index (Phi) is 1.78. The van der Waals surface area contributed by atoms with Gasteiger partial charge in [-0.1, -0.05) is 5.10 Å². The van der Waals surface area contributed by atoms with E-state index in [2.05, 4.69) is 17.0 Å². The van der Waals surface area contributed by atoms with Crippen LogP contribution >= 0.6 is 0 Å². The number of aliphatic imine (C=N–C) groups is 1. The Balaban J connectivity index is 1.87. The molecule has 0 N–H and O–H groups in total. The standard InChI is InChI=1S/C11H18N3/c1-2-14(8-12-7-13-14)11-6-9-3-4-10(11)5-9/h7-11H,2-6H2,1H3/q+1. The Morgan fingerprint density at radius 2 is 2.29 bits per heavy atom. The number of quaternary nitrogens is 1. The van der Waals surface area contributed by atoms with E-state index in [-0.39, 0.29) is 0 Å². The largest absolute Gasteiger partial charge is 0.218 e. The van der Waals surface area contributed by atoms with E-state index in [9.17, 15) is 0 Å². The fourth-order valence-electron chi connectivity index (χ4n) is 3.63. The molecule has 0 radical (unpaired) electrons. The summed E-state index contributed by atoms with van der Waals surface area (Å²) in [5.41, 5.74) is 0. The first kappa shape index (κ1) is 8.60. The zero-order chi connectivity index (χ0) is 9.60. The van der Waals surface area contributed by atoms with Crippen LogP contribution < -0.4 is 0 Å². The Labute approximate surface area is 85.1 Å². The second-order valence-electron chi connectivity index (χ2n) is 4.94. The van der Waals surface area contributed by atoms with Gasteiger partial charge in [-0.05, 0) is 32.1 Å². The third-order valence-corrected chi connectivity index (χ3v) is 4.38. The van der Waals surface area contributed by atoms with E-state index in [0.29, 0.717) is 0 Å². The van der Waals surface area contributed by atoms with Crippen molar-refractivity contribution in [1.82, 2.24) is 0 Å². The molecule has 0 aromatic rings. The van der Waals surface area contributed by atoms with E-state index in [0.717, 1.165) is 29.0 Å². The SMILES string of the molecule is CC[N+]1(C2CC3CCC2C3)C=NC=N1. The molecule has 0 aromatic heterocycles. The minimum absolute atomic E-state index is 0.737. The summed E-state index contributed by atoms with van der Waals surface area (Å²) in [6.07, 6.45) is 9.50. The van der Waals surface area contributed by atoms with Crippen LogP contribution in [0.4, 0.5) is 0 Å². The summed E-state index contributed by atoms with van der Waals surface area (Å²) in [6.45, 7) is 3.29. The molecule has 2 saturated carbocycles. The van der Waals surface area contributed by atoms with E-state index in [1.54, 1.807) is 6.34 Å². The van der Waals surface area contributed by atoms with Crippen molar-refractivity contribution in [3.05, 3.63) is 0 Å². The van der Waals surface area contributed by atoms with Gasteiger partial charge in [-0.25, -0.2) is 0 Å². The first-order valence-corrected chi connectivity index (χ1v) is 5.80. The van der Waals surface area contributed by atoms with Gasteiger partial charge >= 0.3 is 0 Å². The summed E-state index contributed by atoms with van der Waals surface area (Å²) in [5, 5.41) is 4.58. The molecular formula is C11H18N3+. The maximum atomic E-state index is 4.58. The summed E-state index contributed by atoms with van der Waals surface area (Å²) in [4.78, 5) is 4.19. The number of fused-ring (bicyclic) bond motifs is 2. The lowest BCUT2D eigenvalue weighted by atomic mass is 9.93. The average Bonchev–Trinajstić information content (AvgIpc) is 2.94. The quantitative estimate of drug-likeness (QED) is 0.598. The van der Waals surface area contributed by atoms with Crippen molar-refractivity contribution in [2.75, 3.05) is 6.54 Å². The van der Waals surface area contributed by atoms with Gasteiger partial charge in [0.05, 0.1) is 0 Å². The molecule has 2 aliphatic carbocycles. The molecule has 1 aliphatic heterocycles. The van der Waals surface area contributed by atoms with Crippen LogP contribution in [-0.4, -0.2) is 29.9 Å². The van der Waals surface area contributed by atoms with Crippen molar-refractivity contribution in [2.24, 2.45) is 21.9 Å². The lowest BCUT2D eigenvalue weighted by Crippen LogP contribution is -2.51. The topological polar surface area (TPSA) is 24.7 Å². The molecule has 3 heteroatoms. The zero-order valence-electron chi connectivity index (χ0n) is 8.76. The van der Waals surface area contributed by atoms with E-state index in [1.807, 2.05) is 6.34 Å². The average molecular weight is 192 g/mol. The van der Waals surface area contributed by atoms with Crippen LogP contribution in [0.5, 0.6) is 0 Å². The molecule has 2 fully saturated rings. The molecule has 14 heavy (non-hydrogen) atoms. The third kappa shape index (κ3) is 1.02. The molecular weight excluding hydrogens is 174 g/mol. The zero-order valence-corrected chi connectivity index (χ0v) is 8.76. The summed E-state index contributed by atoms with van der Waals surface area (Å²) in [5.74, 6) is 1.91. The highest BCUT2D eigenvalue weighted by Crippen LogP contribution is 2.48. The van der Waals surface area contributed by atoms with Crippen molar-refractivity contribution in [1.29, 1.82) is 0 Å². The maximum Gasteiger partial charge on any atom is 0.218 e. The molecule has 3 aliphatic rings. The first-order chi connectivity index (χ1) is 6.84. The van der Waals surface area contributed by atoms with Crippen molar-refractivity contribution in [3.8, 4) is 0 Å². The molecule has 0 saturated heterocycles. The fourth-order valence-corrected chi connectivity index (χ4v) is 3.63. The molecule has 0 aromatic carbocycles. The predicted octanol–water partition coefficient (Wildman–Crippen LogP) is 2.00. The van der Waals surface area contributed by atoms with Gasteiger partial charge in [-0.3, -0.25) is 0 Å². The first-order valence-electron chi connectivity index (χ1n) is 5.80. The van der Waals surface area contributed by atoms with Gasteiger partial charge in [0.1, 0.15) is 12.6 Å². The van der Waals surface area contributed by atoms with Crippen LogP contribution in [0, 0.1) is 11.8 Å². The lowest BCUT2D eigenvalue weighted by Gasteiger charge is -2.34. The van der Waals surface area contributed by atoms with Gasteiger partial charge < -0.3 is 0 Å². The predicted molar refractivity (Wildman–Crippen MR) is 57.0 cm³/mol. The second kappa shape index (κ2) is 2.89. The van der Waals surface area contributed by atoms with Gasteiger partial charge in [0.25, 0.3) is 0 Å². The fraction of sp³-hybridized carbons (Fsp3) is 0.818. The maximum absolute atomic E-state index is 4.58. The van der Waals surface area contributed by atoms with Crippen molar-refractivity contribution in [3.63, 3.8) is 0 Å². The van der Waals surface area contributed by atoms with Gasteiger partial charge in [0.2, 0.25) is 6.34 Å². The third-order valence-electron chi connectivity index (χ3n) is 4.38. The highest BCUT2D eigenvalue weighted by atomic mass is 15.7. The Hall–Kier alpha value is -0.700. The van der Waals surface area contributed by atoms with Gasteiger partial charge in [0, 0.05) is 12.3 Å². The van der Waals surface area contributed by atoms with Crippen LogP contribution in [0.25, 0.3) is 0 Å². The lowest BCUT2D eigenvalue weighted by molar-refractivity contribution is -0.867. The Morgan fingerprint density at radius 3 is 2.79 bits per heavy atom. The van der Waals surface area contributed by atoms with E-state index >= 15 is 0 Å². The monoisotopic (exact) mass is 192 g/mol. The van der Waals surface area contributed by atoms with Crippen LogP contribution in [0.15, 0.2) is 10.1 Å². The minimum atomic E-state index is 0.737. The summed E-state index contributed by atoms with van der Waals surface area (Å²) >= 11 is 0. The summed E-state index contributed by atoms with van der Waals surface area (Å²) < 4.78 is 0.793. The molecule has 2 bridgehead atoms. The number of nitrogens with zero attached hydrogens (tertiary/aromatic N) is 3. The van der Waals surface area contributed by atoms with Crippen LogP contribution in [0.3, 0.4) is 0 Å². The molecule has 3 nitrogen and oxygen atoms in total. The van der Waals surface area contributed by atoms with E-state index in [4.69, 9.17) is 0 Å². The van der Waals surface area contributed by atoms with Crippen LogP contribution in [-0.2, 0) is 0 Å². The minimum Gasteiger partial charge on any atom is -0.184 e. The molecule has 76 valence electrons. The van der Waals surface area contributed by atoms with Gasteiger partial charge in [-0.15, -0.1) is 0 Å². The molecule has 0 amide bonds. The number of rotatable bonds is 2. The summed E-state index contributed by atoms with van der Waals surface area (Å²) in [6, 6.07) is 0.737. The molecule has 0 spiro atoms. The Morgan fingerprint density at radius 1 is 1.36 bits per heavy atom. The molecule has 4 atom stereocenters. The van der Waals surface area contributed by atoms with E-state index in [1.165, 1.54) is 25.7 Å². The second-order valence-corrected chi connectivity index (χ2v) is 4.94. The number of hydrogen-bond acceptors (Lipinski definition) is 2.